The Hall–Kier alpha value is -3.36. The summed E-state index contributed by atoms with van der Waals surface area (Å²) in [5.74, 6) is 2.01. The highest BCUT2D eigenvalue weighted by Gasteiger charge is 2.30. The first-order valence-electron chi connectivity index (χ1n) is 10.4. The molecule has 2 N–H and O–H groups in total. The molecule has 0 unspecified atom stereocenters. The second-order valence-electron chi connectivity index (χ2n) is 7.86. The quantitative estimate of drug-likeness (QED) is 0.556. The summed E-state index contributed by atoms with van der Waals surface area (Å²) < 4.78 is 9.06. The van der Waals surface area contributed by atoms with Gasteiger partial charge in [-0.05, 0) is 38.8 Å². The van der Waals surface area contributed by atoms with Crippen molar-refractivity contribution in [3.05, 3.63) is 36.4 Å². The van der Waals surface area contributed by atoms with Gasteiger partial charge < -0.3 is 15.4 Å². The third kappa shape index (κ3) is 2.92. The van der Waals surface area contributed by atoms with Crippen molar-refractivity contribution < 1.29 is 4.74 Å². The summed E-state index contributed by atoms with van der Waals surface area (Å²) in [7, 11) is 1.63. The Kier molecular flexibility index (Phi) is 4.45. The van der Waals surface area contributed by atoms with Crippen molar-refractivity contribution in [3.8, 4) is 5.75 Å². The van der Waals surface area contributed by atoms with Crippen LogP contribution in [0.5, 0.6) is 5.75 Å². The van der Waals surface area contributed by atoms with Crippen molar-refractivity contribution in [2.24, 2.45) is 0 Å². The van der Waals surface area contributed by atoms with E-state index in [0.717, 1.165) is 48.5 Å². The van der Waals surface area contributed by atoms with Gasteiger partial charge in [0.05, 0.1) is 19.0 Å². The summed E-state index contributed by atoms with van der Waals surface area (Å²) in [6.07, 6.45) is 6.16. The molecule has 2 atom stereocenters. The minimum absolute atomic E-state index is 0.214. The van der Waals surface area contributed by atoms with Crippen LogP contribution in [-0.4, -0.2) is 49.1 Å². The van der Waals surface area contributed by atoms with E-state index in [1.165, 1.54) is 0 Å². The number of nitrogen functional groups attached to an aromatic ring is 1. The number of hydrogen-bond donors (Lipinski definition) is 1. The molecule has 5 rings (SSSR count). The second kappa shape index (κ2) is 7.16. The lowest BCUT2D eigenvalue weighted by Gasteiger charge is -2.37. The Labute approximate surface area is 174 Å². The van der Waals surface area contributed by atoms with Crippen molar-refractivity contribution >= 4 is 28.2 Å². The van der Waals surface area contributed by atoms with E-state index in [2.05, 4.69) is 35.0 Å². The molecule has 3 aromatic heterocycles. The third-order valence-electron chi connectivity index (χ3n) is 6.05. The number of rotatable bonds is 4. The molecule has 1 aliphatic heterocycles. The molecule has 0 radical (unpaired) electrons. The lowest BCUT2D eigenvalue weighted by atomic mass is 9.92. The monoisotopic (exact) mass is 406 g/mol. The number of aromatic nitrogens is 6. The highest BCUT2D eigenvalue weighted by molar-refractivity contribution is 5.95. The van der Waals surface area contributed by atoms with Gasteiger partial charge in [0.25, 0.3) is 0 Å². The molecule has 0 aliphatic carbocycles. The van der Waals surface area contributed by atoms with Crippen LogP contribution in [0.25, 0.3) is 16.6 Å². The molecule has 30 heavy (non-hydrogen) atoms. The number of aryl methyl sites for hydroxylation is 1. The van der Waals surface area contributed by atoms with Crippen molar-refractivity contribution in [2.45, 2.75) is 45.2 Å². The number of anilines is 2. The van der Waals surface area contributed by atoms with Crippen molar-refractivity contribution in [2.75, 3.05) is 24.3 Å². The molecular weight excluding hydrogens is 380 g/mol. The topological polar surface area (TPSA) is 99.4 Å². The summed E-state index contributed by atoms with van der Waals surface area (Å²) in [6, 6.07) is 6.24. The number of fused-ring (bicyclic) bond motifs is 3. The fourth-order valence-corrected chi connectivity index (χ4v) is 4.33. The number of methoxy groups -OCH3 is 1. The Morgan fingerprint density at radius 1 is 1.23 bits per heavy atom. The molecule has 0 saturated carbocycles. The van der Waals surface area contributed by atoms with E-state index in [4.69, 9.17) is 20.6 Å². The van der Waals surface area contributed by atoms with Crippen molar-refractivity contribution in [3.63, 3.8) is 0 Å². The summed E-state index contributed by atoms with van der Waals surface area (Å²) in [6.45, 7) is 6.07. The molecule has 4 heterocycles. The number of ether oxygens (including phenoxy) is 1. The summed E-state index contributed by atoms with van der Waals surface area (Å²) in [4.78, 5) is 11.8. The van der Waals surface area contributed by atoms with Gasteiger partial charge in [-0.1, -0.05) is 6.07 Å². The van der Waals surface area contributed by atoms with Gasteiger partial charge in [-0.3, -0.25) is 4.68 Å². The van der Waals surface area contributed by atoms with Crippen LogP contribution in [0, 0.1) is 0 Å². The smallest absolute Gasteiger partial charge is 0.223 e. The van der Waals surface area contributed by atoms with Gasteiger partial charge in [0.1, 0.15) is 11.3 Å². The van der Waals surface area contributed by atoms with E-state index in [9.17, 15) is 0 Å². The minimum Gasteiger partial charge on any atom is -0.494 e. The van der Waals surface area contributed by atoms with Gasteiger partial charge in [0, 0.05) is 36.6 Å². The van der Waals surface area contributed by atoms with Crippen LogP contribution in [-0.2, 0) is 6.54 Å². The first-order chi connectivity index (χ1) is 14.6. The predicted octanol–water partition coefficient (Wildman–Crippen LogP) is 2.86. The molecule has 4 aromatic rings. The number of nitrogens with zero attached hydrogens (tertiary/aromatic N) is 7. The Morgan fingerprint density at radius 3 is 2.87 bits per heavy atom. The number of piperidine rings is 1. The Morgan fingerprint density at radius 2 is 2.10 bits per heavy atom. The van der Waals surface area contributed by atoms with Gasteiger partial charge in [-0.25, -0.2) is 9.97 Å². The molecule has 0 bridgehead atoms. The largest absolute Gasteiger partial charge is 0.494 e. The number of para-hydroxylation sites is 1. The van der Waals surface area contributed by atoms with E-state index < -0.39 is 0 Å². The lowest BCUT2D eigenvalue weighted by Crippen LogP contribution is -2.41. The minimum atomic E-state index is 0.214. The molecule has 156 valence electrons. The van der Waals surface area contributed by atoms with E-state index in [-0.39, 0.29) is 5.92 Å². The Bertz CT molecular complexity index is 1210. The molecule has 0 amide bonds. The highest BCUT2D eigenvalue weighted by Crippen LogP contribution is 2.33. The standard InChI is InChI=1S/C21H26N8O/c1-4-27-12-15(10-23-27)28-11-14(9-8-13(28)2)19-25-20-16-6-5-7-17(30-3)18(16)24-21(22)29(20)26-19/h5-7,10,12-14H,4,8-9,11H2,1-3H3,(H2,22,24)/t13-,14-/m0/s1. The molecule has 1 saturated heterocycles. The number of nitrogens with two attached hydrogens (primary N) is 1. The van der Waals surface area contributed by atoms with Gasteiger partial charge in [0.2, 0.25) is 5.95 Å². The molecule has 9 heteroatoms. The van der Waals surface area contributed by atoms with Crippen LogP contribution in [0.15, 0.2) is 30.6 Å². The van der Waals surface area contributed by atoms with Gasteiger partial charge >= 0.3 is 0 Å². The number of benzene rings is 1. The third-order valence-corrected chi connectivity index (χ3v) is 6.05. The van der Waals surface area contributed by atoms with Crippen LogP contribution in [0.1, 0.15) is 38.4 Å². The van der Waals surface area contributed by atoms with Crippen LogP contribution in [0.4, 0.5) is 11.6 Å². The van der Waals surface area contributed by atoms with Crippen LogP contribution >= 0.6 is 0 Å². The maximum Gasteiger partial charge on any atom is 0.223 e. The first-order valence-corrected chi connectivity index (χ1v) is 10.4. The fourth-order valence-electron chi connectivity index (χ4n) is 4.33. The van der Waals surface area contributed by atoms with Crippen LogP contribution < -0.4 is 15.4 Å². The molecule has 1 fully saturated rings. The lowest BCUT2D eigenvalue weighted by molar-refractivity contribution is 0.419. The van der Waals surface area contributed by atoms with Crippen molar-refractivity contribution in [1.82, 2.24) is 29.4 Å². The fraction of sp³-hybridized carbons (Fsp3) is 0.429. The summed E-state index contributed by atoms with van der Waals surface area (Å²) >= 11 is 0. The normalized spacial score (nSPS) is 19.6. The summed E-state index contributed by atoms with van der Waals surface area (Å²) in [5, 5.41) is 10.1. The molecule has 9 nitrogen and oxygen atoms in total. The van der Waals surface area contributed by atoms with E-state index in [1.54, 1.807) is 11.6 Å². The zero-order chi connectivity index (χ0) is 20.8. The maximum absolute atomic E-state index is 6.22. The van der Waals surface area contributed by atoms with Crippen LogP contribution in [0.2, 0.25) is 0 Å². The average molecular weight is 406 g/mol. The zero-order valence-corrected chi connectivity index (χ0v) is 17.5. The summed E-state index contributed by atoms with van der Waals surface area (Å²) in [5.41, 5.74) is 8.79. The zero-order valence-electron chi connectivity index (χ0n) is 17.5. The molecular formula is C21H26N8O. The van der Waals surface area contributed by atoms with Gasteiger partial charge in [-0.2, -0.15) is 9.61 Å². The van der Waals surface area contributed by atoms with E-state index in [1.807, 2.05) is 29.1 Å². The predicted molar refractivity (Wildman–Crippen MR) is 116 cm³/mol. The molecule has 0 spiro atoms. The molecule has 1 aliphatic rings. The SMILES string of the molecule is CCn1cc(N2C[C@@H](c3nc4c5cccc(OC)c5nc(N)n4n3)CC[C@@H]2C)cn1. The van der Waals surface area contributed by atoms with Gasteiger partial charge in [0.15, 0.2) is 11.5 Å². The second-order valence-corrected chi connectivity index (χ2v) is 7.86. The maximum atomic E-state index is 6.22. The van der Waals surface area contributed by atoms with E-state index in [0.29, 0.717) is 23.3 Å². The Balaban J connectivity index is 1.54. The highest BCUT2D eigenvalue weighted by atomic mass is 16.5. The first kappa shape index (κ1) is 18.7. The van der Waals surface area contributed by atoms with Gasteiger partial charge in [-0.15, -0.1) is 5.10 Å². The van der Waals surface area contributed by atoms with Crippen LogP contribution in [0.3, 0.4) is 0 Å². The number of hydrogen-bond acceptors (Lipinski definition) is 7. The van der Waals surface area contributed by atoms with E-state index >= 15 is 0 Å². The average Bonchev–Trinajstić information content (AvgIpc) is 3.42. The van der Waals surface area contributed by atoms with Crippen molar-refractivity contribution in [1.29, 1.82) is 0 Å². The molecule has 1 aromatic carbocycles.